The van der Waals surface area contributed by atoms with Gasteiger partial charge in [-0.1, -0.05) is 0 Å². The fourth-order valence-electron chi connectivity index (χ4n) is 1.51. The lowest BCUT2D eigenvalue weighted by Crippen LogP contribution is -2.00. The molecule has 3 N–H and O–H groups in total. The summed E-state index contributed by atoms with van der Waals surface area (Å²) in [6.45, 7) is 0.368. The zero-order chi connectivity index (χ0) is 10.8. The van der Waals surface area contributed by atoms with Gasteiger partial charge in [0.15, 0.2) is 0 Å². The molecule has 4 nitrogen and oxygen atoms in total. The van der Waals surface area contributed by atoms with Crippen LogP contribution in [-0.2, 0) is 6.54 Å². The minimum absolute atomic E-state index is 0.197. The molecule has 2 aromatic rings. The highest BCUT2D eigenvalue weighted by Gasteiger charge is 2.05. The van der Waals surface area contributed by atoms with E-state index < -0.39 is 0 Å². The van der Waals surface area contributed by atoms with Crippen molar-refractivity contribution < 1.29 is 9.84 Å². The Bertz CT molecular complexity index is 497. The topological polar surface area (TPSA) is 68.4 Å². The lowest BCUT2D eigenvalue weighted by Gasteiger charge is -2.07. The van der Waals surface area contributed by atoms with Gasteiger partial charge in [-0.05, 0) is 18.2 Å². The maximum atomic E-state index is 9.37. The predicted molar refractivity (Wildman–Crippen MR) is 57.9 cm³/mol. The number of rotatable bonds is 2. The van der Waals surface area contributed by atoms with Gasteiger partial charge >= 0.3 is 0 Å². The van der Waals surface area contributed by atoms with Crippen molar-refractivity contribution in [3.63, 3.8) is 0 Å². The standard InChI is InChI=1S/C11H12N2O2/c1-15-11-4-7(6-12)13-10-3-2-8(14)5-9(10)11/h2-5,14H,6,12H2,1H3. The third-order valence-corrected chi connectivity index (χ3v) is 2.24. The number of ether oxygens (including phenoxy) is 1. The number of hydrogen-bond donors (Lipinski definition) is 2. The van der Waals surface area contributed by atoms with Crippen LogP contribution in [0.1, 0.15) is 5.69 Å². The van der Waals surface area contributed by atoms with Crippen molar-refractivity contribution in [2.24, 2.45) is 5.73 Å². The van der Waals surface area contributed by atoms with Gasteiger partial charge in [0, 0.05) is 18.0 Å². The highest BCUT2D eigenvalue weighted by atomic mass is 16.5. The number of benzene rings is 1. The zero-order valence-electron chi connectivity index (χ0n) is 8.40. The van der Waals surface area contributed by atoms with Crippen molar-refractivity contribution in [1.82, 2.24) is 4.98 Å². The van der Waals surface area contributed by atoms with Crippen molar-refractivity contribution in [2.75, 3.05) is 7.11 Å². The van der Waals surface area contributed by atoms with Crippen LogP contribution in [0.2, 0.25) is 0 Å². The molecule has 0 fully saturated rings. The molecule has 2 rings (SSSR count). The molecule has 0 aliphatic carbocycles. The molecule has 1 heterocycles. The largest absolute Gasteiger partial charge is 0.508 e. The first-order chi connectivity index (χ1) is 7.24. The SMILES string of the molecule is COc1cc(CN)nc2ccc(O)cc12. The van der Waals surface area contributed by atoms with Crippen molar-refractivity contribution in [3.8, 4) is 11.5 Å². The van der Waals surface area contributed by atoms with Crippen LogP contribution in [0.5, 0.6) is 11.5 Å². The molecule has 0 saturated carbocycles. The molecule has 0 aliphatic heterocycles. The summed E-state index contributed by atoms with van der Waals surface area (Å²) in [5.41, 5.74) is 7.07. The summed E-state index contributed by atoms with van der Waals surface area (Å²) >= 11 is 0. The number of aromatic nitrogens is 1. The summed E-state index contributed by atoms with van der Waals surface area (Å²) in [7, 11) is 1.58. The van der Waals surface area contributed by atoms with Crippen LogP contribution in [0.15, 0.2) is 24.3 Å². The van der Waals surface area contributed by atoms with Crippen LogP contribution in [0.3, 0.4) is 0 Å². The van der Waals surface area contributed by atoms with Crippen molar-refractivity contribution in [3.05, 3.63) is 30.0 Å². The number of nitrogens with two attached hydrogens (primary N) is 1. The van der Waals surface area contributed by atoms with Crippen LogP contribution < -0.4 is 10.5 Å². The average Bonchev–Trinajstić information content (AvgIpc) is 2.27. The highest BCUT2D eigenvalue weighted by Crippen LogP contribution is 2.28. The Balaban J connectivity index is 2.75. The van der Waals surface area contributed by atoms with E-state index in [1.165, 1.54) is 0 Å². The van der Waals surface area contributed by atoms with Crippen LogP contribution in [0, 0.1) is 0 Å². The second kappa shape index (κ2) is 3.74. The molecule has 78 valence electrons. The number of aromatic hydroxyl groups is 1. The minimum atomic E-state index is 0.197. The average molecular weight is 204 g/mol. The van der Waals surface area contributed by atoms with Crippen molar-refractivity contribution in [1.29, 1.82) is 0 Å². The number of phenolic OH excluding ortho intramolecular Hbond substituents is 1. The van der Waals surface area contributed by atoms with Crippen LogP contribution >= 0.6 is 0 Å². The van der Waals surface area contributed by atoms with E-state index in [0.717, 1.165) is 16.6 Å². The first-order valence-corrected chi connectivity index (χ1v) is 4.61. The molecule has 0 spiro atoms. The van der Waals surface area contributed by atoms with Gasteiger partial charge in [0.05, 0.1) is 18.3 Å². The Kier molecular flexibility index (Phi) is 2.43. The third kappa shape index (κ3) is 1.71. The molecule has 4 heteroatoms. The second-order valence-corrected chi connectivity index (χ2v) is 3.22. The maximum Gasteiger partial charge on any atom is 0.130 e. The fraction of sp³-hybridized carbons (Fsp3) is 0.182. The molecular weight excluding hydrogens is 192 g/mol. The van der Waals surface area contributed by atoms with Crippen molar-refractivity contribution >= 4 is 10.9 Å². The monoisotopic (exact) mass is 204 g/mol. The lowest BCUT2D eigenvalue weighted by molar-refractivity contribution is 0.418. The molecule has 15 heavy (non-hydrogen) atoms. The Morgan fingerprint density at radius 1 is 1.40 bits per heavy atom. The molecule has 0 amide bonds. The van der Waals surface area contributed by atoms with Crippen LogP contribution in [-0.4, -0.2) is 17.2 Å². The first kappa shape index (κ1) is 9.73. The van der Waals surface area contributed by atoms with E-state index >= 15 is 0 Å². The summed E-state index contributed by atoms with van der Waals surface area (Å²) in [4.78, 5) is 4.33. The summed E-state index contributed by atoms with van der Waals surface area (Å²) in [5, 5.41) is 10.2. The molecule has 0 saturated heterocycles. The second-order valence-electron chi connectivity index (χ2n) is 3.22. The van der Waals surface area contributed by atoms with E-state index in [1.54, 1.807) is 31.4 Å². The van der Waals surface area contributed by atoms with E-state index in [0.29, 0.717) is 12.3 Å². The van der Waals surface area contributed by atoms with E-state index in [1.807, 2.05) is 0 Å². The highest BCUT2D eigenvalue weighted by molar-refractivity contribution is 5.86. The first-order valence-electron chi connectivity index (χ1n) is 4.61. The Morgan fingerprint density at radius 2 is 2.20 bits per heavy atom. The third-order valence-electron chi connectivity index (χ3n) is 2.24. The van der Waals surface area contributed by atoms with Gasteiger partial charge in [-0.15, -0.1) is 0 Å². The number of nitrogens with zero attached hydrogens (tertiary/aromatic N) is 1. The number of hydrogen-bond acceptors (Lipinski definition) is 4. The van der Waals surface area contributed by atoms with E-state index in [-0.39, 0.29) is 5.75 Å². The van der Waals surface area contributed by atoms with Gasteiger partial charge < -0.3 is 15.6 Å². The van der Waals surface area contributed by atoms with Gasteiger partial charge in [0.1, 0.15) is 11.5 Å². The normalized spacial score (nSPS) is 10.5. The van der Waals surface area contributed by atoms with Gasteiger partial charge in [-0.2, -0.15) is 0 Å². The number of pyridine rings is 1. The summed E-state index contributed by atoms with van der Waals surface area (Å²) in [6, 6.07) is 6.74. The summed E-state index contributed by atoms with van der Waals surface area (Å²) < 4.78 is 5.22. The molecular formula is C11H12N2O2. The zero-order valence-corrected chi connectivity index (χ0v) is 8.40. The molecule has 0 unspecified atom stereocenters. The number of fused-ring (bicyclic) bond motifs is 1. The van der Waals surface area contributed by atoms with Gasteiger partial charge in [-0.25, -0.2) is 0 Å². The smallest absolute Gasteiger partial charge is 0.130 e. The lowest BCUT2D eigenvalue weighted by atomic mass is 10.1. The minimum Gasteiger partial charge on any atom is -0.508 e. The van der Waals surface area contributed by atoms with Crippen LogP contribution in [0.25, 0.3) is 10.9 Å². The molecule has 1 aromatic heterocycles. The quantitative estimate of drug-likeness (QED) is 0.776. The van der Waals surface area contributed by atoms with Gasteiger partial charge in [0.25, 0.3) is 0 Å². The Labute approximate surface area is 87.3 Å². The Hall–Kier alpha value is -1.81. The summed E-state index contributed by atoms with van der Waals surface area (Å²) in [5.74, 6) is 0.874. The molecule has 1 aromatic carbocycles. The van der Waals surface area contributed by atoms with E-state index in [9.17, 15) is 5.11 Å². The molecule has 0 aliphatic rings. The number of methoxy groups -OCH3 is 1. The molecule has 0 atom stereocenters. The molecule has 0 bridgehead atoms. The predicted octanol–water partition coefficient (Wildman–Crippen LogP) is 1.41. The maximum absolute atomic E-state index is 9.37. The Morgan fingerprint density at radius 3 is 2.87 bits per heavy atom. The van der Waals surface area contributed by atoms with Crippen molar-refractivity contribution in [2.45, 2.75) is 6.54 Å². The van der Waals surface area contributed by atoms with E-state index in [4.69, 9.17) is 10.5 Å². The van der Waals surface area contributed by atoms with Gasteiger partial charge in [0.2, 0.25) is 0 Å². The van der Waals surface area contributed by atoms with Gasteiger partial charge in [-0.3, -0.25) is 4.98 Å². The molecule has 0 radical (unpaired) electrons. The van der Waals surface area contributed by atoms with E-state index in [2.05, 4.69) is 4.98 Å². The summed E-state index contributed by atoms with van der Waals surface area (Å²) in [6.07, 6.45) is 0. The van der Waals surface area contributed by atoms with Crippen LogP contribution in [0.4, 0.5) is 0 Å². The number of phenols is 1. The fourth-order valence-corrected chi connectivity index (χ4v) is 1.51.